The molecule has 3 N–H and O–H groups in total. The van der Waals surface area contributed by atoms with Crippen LogP contribution >= 0.6 is 11.6 Å². The van der Waals surface area contributed by atoms with Crippen LogP contribution in [0.2, 0.25) is 5.02 Å². The number of rotatable bonds is 5. The maximum absolute atomic E-state index is 12.4. The smallest absolute Gasteiger partial charge is 0.335 e. The highest BCUT2D eigenvalue weighted by molar-refractivity contribution is 6.30. The molecule has 3 aromatic rings. The van der Waals surface area contributed by atoms with Crippen LogP contribution in [0.25, 0.3) is 5.69 Å². The summed E-state index contributed by atoms with van der Waals surface area (Å²) >= 11 is 5.87. The maximum Gasteiger partial charge on any atom is 0.335 e. The van der Waals surface area contributed by atoms with E-state index in [9.17, 15) is 14.7 Å². The van der Waals surface area contributed by atoms with E-state index in [-0.39, 0.29) is 5.56 Å². The molecule has 8 heteroatoms. The lowest BCUT2D eigenvalue weighted by Crippen LogP contribution is -2.33. The number of hydrogen-bond donors (Lipinski definition) is 3. The molecule has 3 rings (SSSR count). The van der Waals surface area contributed by atoms with Crippen LogP contribution in [-0.2, 0) is 0 Å². The van der Waals surface area contributed by atoms with E-state index in [1.165, 1.54) is 0 Å². The zero-order chi connectivity index (χ0) is 19.4. The van der Waals surface area contributed by atoms with Gasteiger partial charge in [-0.2, -0.15) is 5.10 Å². The summed E-state index contributed by atoms with van der Waals surface area (Å²) in [4.78, 5) is 26.8. The minimum absolute atomic E-state index is 0.0736. The van der Waals surface area contributed by atoms with Crippen LogP contribution in [0.3, 0.4) is 0 Å². The molecule has 1 aromatic heterocycles. The first-order valence-electron chi connectivity index (χ1n) is 8.23. The van der Waals surface area contributed by atoms with Crippen molar-refractivity contribution in [3.8, 4) is 11.6 Å². The molecule has 0 aliphatic heterocycles. The van der Waals surface area contributed by atoms with E-state index in [2.05, 4.69) is 15.5 Å². The van der Waals surface area contributed by atoms with E-state index in [0.29, 0.717) is 22.8 Å². The third kappa shape index (κ3) is 3.93. The SMILES string of the molecule is CC/C(=N\Nc1ccccc1)c1c(O)n(-c2ccc(Cl)cc2)c(=O)[nH]c1=O. The molecule has 0 aliphatic rings. The van der Waals surface area contributed by atoms with E-state index in [4.69, 9.17) is 11.6 Å². The molecule has 0 unspecified atom stereocenters. The summed E-state index contributed by atoms with van der Waals surface area (Å²) in [6, 6.07) is 15.5. The highest BCUT2D eigenvalue weighted by Crippen LogP contribution is 2.20. The van der Waals surface area contributed by atoms with E-state index in [1.54, 1.807) is 31.2 Å². The van der Waals surface area contributed by atoms with Crippen molar-refractivity contribution in [2.45, 2.75) is 13.3 Å². The van der Waals surface area contributed by atoms with Gasteiger partial charge in [0.2, 0.25) is 5.88 Å². The Hall–Kier alpha value is -3.32. The Labute approximate surface area is 159 Å². The lowest BCUT2D eigenvalue weighted by molar-refractivity contribution is 0.429. The van der Waals surface area contributed by atoms with Gasteiger partial charge in [0, 0.05) is 5.02 Å². The number of hydrogen-bond acceptors (Lipinski definition) is 5. The quantitative estimate of drug-likeness (QED) is 0.465. The first kappa shape index (κ1) is 18.5. The number of para-hydroxylation sites is 1. The van der Waals surface area contributed by atoms with Crippen LogP contribution in [0.4, 0.5) is 5.69 Å². The van der Waals surface area contributed by atoms with Crippen LogP contribution in [0.15, 0.2) is 69.3 Å². The summed E-state index contributed by atoms with van der Waals surface area (Å²) in [5.41, 5.74) is 2.71. The third-order valence-electron chi connectivity index (χ3n) is 3.89. The summed E-state index contributed by atoms with van der Waals surface area (Å²) in [6.45, 7) is 1.79. The monoisotopic (exact) mass is 384 g/mol. The van der Waals surface area contributed by atoms with Gasteiger partial charge in [-0.3, -0.25) is 15.2 Å². The minimum atomic E-state index is -0.755. The van der Waals surface area contributed by atoms with Gasteiger partial charge in [-0.15, -0.1) is 0 Å². The Kier molecular flexibility index (Phi) is 5.42. The van der Waals surface area contributed by atoms with Crippen molar-refractivity contribution < 1.29 is 5.11 Å². The molecule has 2 aromatic carbocycles. The van der Waals surface area contributed by atoms with Crippen molar-refractivity contribution in [1.82, 2.24) is 9.55 Å². The molecule has 7 nitrogen and oxygen atoms in total. The number of aromatic hydroxyl groups is 1. The Morgan fingerprint density at radius 3 is 2.44 bits per heavy atom. The molecular weight excluding hydrogens is 368 g/mol. The zero-order valence-electron chi connectivity index (χ0n) is 14.4. The van der Waals surface area contributed by atoms with E-state index in [1.807, 2.05) is 30.3 Å². The number of anilines is 1. The van der Waals surface area contributed by atoms with Crippen LogP contribution in [0, 0.1) is 0 Å². The van der Waals surface area contributed by atoms with E-state index in [0.717, 1.165) is 10.3 Å². The van der Waals surface area contributed by atoms with Crippen LogP contribution < -0.4 is 16.7 Å². The normalized spacial score (nSPS) is 11.4. The molecule has 0 atom stereocenters. The molecule has 0 saturated carbocycles. The van der Waals surface area contributed by atoms with Crippen molar-refractivity contribution in [3.63, 3.8) is 0 Å². The van der Waals surface area contributed by atoms with Gasteiger partial charge >= 0.3 is 5.69 Å². The lowest BCUT2D eigenvalue weighted by Gasteiger charge is -2.12. The predicted octanol–water partition coefficient (Wildman–Crippen LogP) is 3.11. The molecule has 138 valence electrons. The molecule has 0 radical (unpaired) electrons. The minimum Gasteiger partial charge on any atom is -0.493 e. The summed E-state index contributed by atoms with van der Waals surface area (Å²) in [7, 11) is 0. The van der Waals surface area contributed by atoms with Crippen molar-refractivity contribution >= 4 is 23.0 Å². The number of H-pyrrole nitrogens is 1. The Bertz CT molecular complexity index is 1090. The fourth-order valence-corrected chi connectivity index (χ4v) is 2.70. The number of halogens is 1. The Morgan fingerprint density at radius 1 is 1.15 bits per heavy atom. The topological polar surface area (TPSA) is 99.5 Å². The van der Waals surface area contributed by atoms with Crippen LogP contribution in [0.1, 0.15) is 18.9 Å². The van der Waals surface area contributed by atoms with Crippen molar-refractivity contribution in [3.05, 3.63) is 86.0 Å². The molecule has 0 fully saturated rings. The highest BCUT2D eigenvalue weighted by Gasteiger charge is 2.19. The summed E-state index contributed by atoms with van der Waals surface area (Å²) in [5, 5.41) is 15.4. The average Bonchev–Trinajstić information content (AvgIpc) is 2.66. The second kappa shape index (κ2) is 7.92. The van der Waals surface area contributed by atoms with Crippen LogP contribution in [-0.4, -0.2) is 20.4 Å². The van der Waals surface area contributed by atoms with Gasteiger partial charge < -0.3 is 5.11 Å². The first-order valence-corrected chi connectivity index (χ1v) is 8.61. The van der Waals surface area contributed by atoms with Gasteiger partial charge in [0.05, 0.1) is 17.1 Å². The van der Waals surface area contributed by atoms with Gasteiger partial charge in [-0.25, -0.2) is 9.36 Å². The first-order chi connectivity index (χ1) is 13.0. The second-order valence-corrected chi connectivity index (χ2v) is 6.10. The fourth-order valence-electron chi connectivity index (χ4n) is 2.57. The molecular formula is C19H17ClN4O3. The molecule has 0 amide bonds. The largest absolute Gasteiger partial charge is 0.493 e. The summed E-state index contributed by atoms with van der Waals surface area (Å²) < 4.78 is 1.00. The number of aromatic nitrogens is 2. The van der Waals surface area contributed by atoms with Crippen molar-refractivity contribution in [1.29, 1.82) is 0 Å². The molecule has 0 bridgehead atoms. The molecule has 1 heterocycles. The number of hydrazone groups is 1. The lowest BCUT2D eigenvalue weighted by atomic mass is 10.1. The van der Waals surface area contributed by atoms with Crippen molar-refractivity contribution in [2.24, 2.45) is 5.10 Å². The number of nitrogens with zero attached hydrogens (tertiary/aromatic N) is 2. The molecule has 0 saturated heterocycles. The Morgan fingerprint density at radius 2 is 1.81 bits per heavy atom. The summed E-state index contributed by atoms with van der Waals surface area (Å²) in [6.07, 6.45) is 0.356. The van der Waals surface area contributed by atoms with Gasteiger partial charge in [0.25, 0.3) is 5.56 Å². The third-order valence-corrected chi connectivity index (χ3v) is 4.14. The maximum atomic E-state index is 12.4. The van der Waals surface area contributed by atoms with Gasteiger partial charge in [-0.1, -0.05) is 36.7 Å². The molecule has 0 spiro atoms. The number of nitrogens with one attached hydrogen (secondary N) is 2. The molecule has 27 heavy (non-hydrogen) atoms. The van der Waals surface area contributed by atoms with Crippen molar-refractivity contribution in [2.75, 3.05) is 5.43 Å². The summed E-state index contributed by atoms with van der Waals surface area (Å²) in [5.74, 6) is -0.485. The standard InChI is InChI=1S/C19H17ClN4O3/c1-2-15(23-22-13-6-4-3-5-7-13)16-17(25)21-19(27)24(18(16)26)14-10-8-12(20)9-11-14/h3-11,22,26H,2H2,1H3,(H,21,25,27)/b23-15+. The van der Waals surface area contributed by atoms with Gasteiger partial charge in [0.1, 0.15) is 5.56 Å². The van der Waals surface area contributed by atoms with Crippen LogP contribution in [0.5, 0.6) is 5.88 Å². The van der Waals surface area contributed by atoms with E-state index < -0.39 is 17.1 Å². The average molecular weight is 385 g/mol. The molecule has 0 aliphatic carbocycles. The zero-order valence-corrected chi connectivity index (χ0v) is 15.2. The second-order valence-electron chi connectivity index (χ2n) is 5.66. The number of aromatic amines is 1. The van der Waals surface area contributed by atoms with Gasteiger partial charge in [-0.05, 0) is 42.8 Å². The van der Waals surface area contributed by atoms with E-state index >= 15 is 0 Å². The predicted molar refractivity (Wildman–Crippen MR) is 106 cm³/mol. The fraction of sp³-hybridized carbons (Fsp3) is 0.105. The van der Waals surface area contributed by atoms with Gasteiger partial charge in [0.15, 0.2) is 0 Å². The Balaban J connectivity index is 2.11. The number of benzene rings is 2. The highest BCUT2D eigenvalue weighted by atomic mass is 35.5.